The van der Waals surface area contributed by atoms with E-state index < -0.39 is 7.92 Å². The number of nitrogens with zero attached hydrogens (tertiary/aromatic N) is 2. The smallest absolute Gasteiger partial charge is 0.293 e. The standard InChI is InChI=1S/C44H45N2OP.C8H10.Ir/c47-44(36-30-29-32-17-13-14-22-35(32)31-36)46-42(34-20-7-2-8-21-34)41(33-18-5-1-6-19-33)45-43(46)39-27-15-16-28-40(39)48(37-23-9-3-10-24-37)38-25-11-4-12-26-38;1-2-4-6-8-7-5-3-1;/h1-2,5-8,13-22,27-31,37-38,41-42H,3-4,9-12,23-26H2;1-6H,7-8H2;/q;-2;+3/p+1/b;5-3-,6-4-;/t41-,42-;;/m0../s1. The van der Waals surface area contributed by atoms with Crippen molar-refractivity contribution < 1.29 is 24.9 Å². The first kappa shape index (κ1) is 41.0. The van der Waals surface area contributed by atoms with Gasteiger partial charge in [-0.1, -0.05) is 116 Å². The number of benzene rings is 5. The van der Waals surface area contributed by atoms with Gasteiger partial charge in [-0.2, -0.15) is 0 Å². The predicted octanol–water partition coefficient (Wildman–Crippen LogP) is 13.0. The predicted molar refractivity (Wildman–Crippen MR) is 239 cm³/mol. The van der Waals surface area contributed by atoms with Gasteiger partial charge in [0.2, 0.25) is 0 Å². The fourth-order valence-electron chi connectivity index (χ4n) is 9.51. The van der Waals surface area contributed by atoms with Crippen LogP contribution in [0, 0.1) is 12.8 Å². The van der Waals surface area contributed by atoms with E-state index >= 15 is 4.79 Å². The summed E-state index contributed by atoms with van der Waals surface area (Å²) in [6, 6.07) is 44.4. The average Bonchev–Trinajstić information content (AvgIpc) is 3.66. The molecule has 2 saturated carbocycles. The third-order valence-corrected chi connectivity index (χ3v) is 16.2. The maximum atomic E-state index is 15.2. The summed E-state index contributed by atoms with van der Waals surface area (Å²) >= 11 is 0. The zero-order valence-corrected chi connectivity index (χ0v) is 36.4. The third-order valence-electron chi connectivity index (χ3n) is 12.2. The van der Waals surface area contributed by atoms with Crippen molar-refractivity contribution in [3.63, 3.8) is 0 Å². The summed E-state index contributed by atoms with van der Waals surface area (Å²) < 4.78 is 0. The summed E-state index contributed by atoms with van der Waals surface area (Å²) in [5.74, 6) is 0.867. The first-order valence-electron chi connectivity index (χ1n) is 21.2. The van der Waals surface area contributed by atoms with Crippen molar-refractivity contribution in [2.45, 2.75) is 100 Å². The topological polar surface area (TPSA) is 32.7 Å². The summed E-state index contributed by atoms with van der Waals surface area (Å²) in [6.07, 6.45) is 28.6. The second-order valence-corrected chi connectivity index (χ2v) is 19.0. The summed E-state index contributed by atoms with van der Waals surface area (Å²) in [5.41, 5.74) is 5.72. The molecule has 3 nitrogen and oxygen atoms in total. The van der Waals surface area contributed by atoms with Crippen LogP contribution in [0.4, 0.5) is 0 Å². The molecule has 2 fully saturated rings. The Morgan fingerprint density at radius 1 is 0.596 bits per heavy atom. The molecule has 0 saturated heterocycles. The van der Waals surface area contributed by atoms with Crippen molar-refractivity contribution in [3.8, 4) is 0 Å². The Bertz CT molecular complexity index is 2090. The third kappa shape index (κ3) is 9.75. The van der Waals surface area contributed by atoms with Crippen LogP contribution in [-0.4, -0.2) is 28.0 Å². The minimum Gasteiger partial charge on any atom is -0.293 e. The van der Waals surface area contributed by atoms with E-state index in [4.69, 9.17) is 4.99 Å². The maximum Gasteiger partial charge on any atom is 3.00 e. The Labute approximate surface area is 355 Å². The van der Waals surface area contributed by atoms with E-state index in [1.807, 2.05) is 12.1 Å². The van der Waals surface area contributed by atoms with Crippen LogP contribution in [-0.2, 0) is 20.1 Å². The fourth-order valence-corrected chi connectivity index (χ4v) is 13.9. The van der Waals surface area contributed by atoms with Gasteiger partial charge in [0.05, 0.1) is 22.9 Å². The van der Waals surface area contributed by atoms with Crippen molar-refractivity contribution in [1.82, 2.24) is 4.90 Å². The number of amides is 1. The zero-order chi connectivity index (χ0) is 37.9. The van der Waals surface area contributed by atoms with Crippen molar-refractivity contribution in [2.75, 3.05) is 0 Å². The first-order chi connectivity index (χ1) is 27.8. The monoisotopic (exact) mass is 948 g/mol. The van der Waals surface area contributed by atoms with E-state index in [9.17, 15) is 0 Å². The number of carbonyl (C=O) groups excluding carboxylic acids is 1. The Morgan fingerprint density at radius 3 is 1.77 bits per heavy atom. The molecule has 3 aliphatic carbocycles. The number of aliphatic imine (C=N–C) groups is 1. The minimum absolute atomic E-state index is 0. The van der Waals surface area contributed by atoms with Gasteiger partial charge in [0, 0.05) is 13.5 Å². The molecule has 5 aromatic carbocycles. The maximum absolute atomic E-state index is 15.2. The van der Waals surface area contributed by atoms with E-state index in [2.05, 4.69) is 157 Å². The molecule has 1 aliphatic heterocycles. The van der Waals surface area contributed by atoms with Crippen LogP contribution < -0.4 is 5.30 Å². The molecule has 57 heavy (non-hydrogen) atoms. The minimum atomic E-state index is -0.912. The molecule has 5 heteroatoms. The second kappa shape index (κ2) is 20.5. The zero-order valence-electron chi connectivity index (χ0n) is 33.0. The number of carbonyl (C=O) groups is 1. The molecular weight excluding hydrogens is 892 g/mol. The number of rotatable bonds is 7. The quantitative estimate of drug-likeness (QED) is 0.118. The molecule has 0 unspecified atom stereocenters. The Balaban J connectivity index is 0.000000494. The molecule has 0 spiro atoms. The summed E-state index contributed by atoms with van der Waals surface area (Å²) in [6.45, 7) is 0. The van der Waals surface area contributed by atoms with Crippen molar-refractivity contribution in [3.05, 3.63) is 187 Å². The number of hydrogen-bond acceptors (Lipinski definition) is 2. The molecule has 5 aromatic rings. The number of amidine groups is 1. The van der Waals surface area contributed by atoms with Gasteiger partial charge in [0.1, 0.15) is 17.2 Å². The van der Waals surface area contributed by atoms with Gasteiger partial charge in [-0.3, -0.25) is 27.5 Å². The van der Waals surface area contributed by atoms with Crippen LogP contribution in [0.25, 0.3) is 10.8 Å². The van der Waals surface area contributed by atoms with Crippen LogP contribution >= 0.6 is 7.92 Å². The van der Waals surface area contributed by atoms with E-state index in [0.29, 0.717) is 5.56 Å². The molecular formula is C52H56IrN2OP+2. The number of fused-ring (bicyclic) bond motifs is 1. The van der Waals surface area contributed by atoms with Crippen LogP contribution in [0.1, 0.15) is 116 Å². The van der Waals surface area contributed by atoms with Gasteiger partial charge in [-0.15, -0.1) is 12.8 Å². The largest absolute Gasteiger partial charge is 3.00 e. The van der Waals surface area contributed by atoms with Crippen LogP contribution in [0.5, 0.6) is 0 Å². The number of hydrogen-bond donors (Lipinski definition) is 0. The van der Waals surface area contributed by atoms with E-state index in [1.165, 1.54) is 87.9 Å². The molecule has 4 aliphatic rings. The fraction of sp³-hybridized carbons (Fsp3) is 0.308. The van der Waals surface area contributed by atoms with Gasteiger partial charge in [-0.05, 0) is 97.5 Å². The summed E-state index contributed by atoms with van der Waals surface area (Å²) in [4.78, 5) is 22.9. The second-order valence-electron chi connectivity index (χ2n) is 15.9. The molecule has 0 bridgehead atoms. The Morgan fingerprint density at radius 2 is 1.14 bits per heavy atom. The molecule has 0 N–H and O–H groups in total. The molecule has 2 atom stereocenters. The average molecular weight is 948 g/mol. The molecule has 0 radical (unpaired) electrons. The van der Waals surface area contributed by atoms with E-state index in [0.717, 1.165) is 39.1 Å². The summed E-state index contributed by atoms with van der Waals surface area (Å²) in [7, 11) is -0.912. The van der Waals surface area contributed by atoms with Gasteiger partial charge in [0.15, 0.2) is 0 Å². The number of allylic oxidation sites excluding steroid dienone is 4. The first-order valence-corrected chi connectivity index (χ1v) is 22.9. The van der Waals surface area contributed by atoms with Gasteiger partial charge >= 0.3 is 20.1 Å². The van der Waals surface area contributed by atoms with Gasteiger partial charge < -0.3 is 0 Å². The molecule has 1 heterocycles. The van der Waals surface area contributed by atoms with Crippen LogP contribution in [0.15, 0.2) is 157 Å². The van der Waals surface area contributed by atoms with E-state index in [-0.39, 0.29) is 38.1 Å². The molecule has 1 amide bonds. The van der Waals surface area contributed by atoms with Crippen molar-refractivity contribution >= 4 is 35.7 Å². The van der Waals surface area contributed by atoms with Crippen molar-refractivity contribution in [1.29, 1.82) is 0 Å². The Kier molecular flexibility index (Phi) is 14.7. The van der Waals surface area contributed by atoms with Crippen LogP contribution in [0.2, 0.25) is 0 Å². The van der Waals surface area contributed by atoms with Gasteiger partial charge in [-0.25, -0.2) is 24.3 Å². The van der Waals surface area contributed by atoms with Gasteiger partial charge in [0.25, 0.3) is 5.91 Å². The summed E-state index contributed by atoms with van der Waals surface area (Å²) in [5, 5.41) is 3.73. The molecule has 0 aromatic heterocycles. The molecule has 9 rings (SSSR count). The normalized spacial score (nSPS) is 21.1. The Hall–Kier alpha value is -4.20. The van der Waals surface area contributed by atoms with Crippen LogP contribution in [0.3, 0.4) is 0 Å². The molecule has 292 valence electrons. The van der Waals surface area contributed by atoms with Crippen molar-refractivity contribution in [2.24, 2.45) is 4.99 Å². The SMILES string of the molecule is C1=C\CC/C=C\[CH-][CH-]/1.O=C(c1ccc2ccccc2c1)N1C(c2ccccc2[PH+](C2CCCCC2)C2CCCCC2)=N[C@@H](c2ccccc2)[C@@H]1c1ccccc1.[Ir+3]. The van der Waals surface area contributed by atoms with E-state index in [1.54, 1.807) is 0 Å².